The Morgan fingerprint density at radius 3 is 2.65 bits per heavy atom. The molecule has 3 rings (SSSR count). The summed E-state index contributed by atoms with van der Waals surface area (Å²) >= 11 is 7.61. The summed E-state index contributed by atoms with van der Waals surface area (Å²) in [5.41, 5.74) is 3.24. The molecule has 2 aromatic carbocycles. The van der Waals surface area contributed by atoms with Gasteiger partial charge in [-0.05, 0) is 31.5 Å². The van der Waals surface area contributed by atoms with Gasteiger partial charge >= 0.3 is 0 Å². The second kappa shape index (κ2) is 8.34. The van der Waals surface area contributed by atoms with E-state index in [0.29, 0.717) is 17.3 Å². The number of thiazole rings is 1. The summed E-state index contributed by atoms with van der Waals surface area (Å²) in [6.45, 7) is 4.38. The molecule has 0 spiro atoms. The SMILES string of the molecule is Cc1ccccc1-c1nc(C)c(CNC(=O)COc2ccccc2Cl)s1. The highest BCUT2D eigenvalue weighted by molar-refractivity contribution is 7.15. The number of benzene rings is 2. The van der Waals surface area contributed by atoms with Gasteiger partial charge in [0.1, 0.15) is 10.8 Å². The molecule has 4 nitrogen and oxygen atoms in total. The third-order valence-corrected chi connectivity index (χ3v) is 5.41. The molecular weight excluding hydrogens is 368 g/mol. The number of para-hydroxylation sites is 1. The van der Waals surface area contributed by atoms with Gasteiger partial charge in [0.15, 0.2) is 6.61 Å². The van der Waals surface area contributed by atoms with Gasteiger partial charge in [-0.15, -0.1) is 11.3 Å². The normalized spacial score (nSPS) is 10.6. The predicted molar refractivity (Wildman–Crippen MR) is 106 cm³/mol. The van der Waals surface area contributed by atoms with E-state index < -0.39 is 0 Å². The monoisotopic (exact) mass is 386 g/mol. The maximum absolute atomic E-state index is 12.0. The van der Waals surface area contributed by atoms with E-state index in [0.717, 1.165) is 21.1 Å². The third kappa shape index (κ3) is 4.42. The van der Waals surface area contributed by atoms with Crippen LogP contribution in [-0.4, -0.2) is 17.5 Å². The number of ether oxygens (including phenoxy) is 1. The fraction of sp³-hybridized carbons (Fsp3) is 0.200. The maximum Gasteiger partial charge on any atom is 0.258 e. The second-order valence-corrected chi connectivity index (χ2v) is 7.33. The first-order chi connectivity index (χ1) is 12.5. The Labute approximate surface area is 161 Å². The summed E-state index contributed by atoms with van der Waals surface area (Å²) in [4.78, 5) is 17.7. The molecule has 6 heteroatoms. The van der Waals surface area contributed by atoms with Crippen LogP contribution in [0.1, 0.15) is 16.1 Å². The van der Waals surface area contributed by atoms with Crippen LogP contribution in [0.4, 0.5) is 0 Å². The minimum absolute atomic E-state index is 0.0771. The summed E-state index contributed by atoms with van der Waals surface area (Å²) in [5.74, 6) is 0.301. The molecule has 3 aromatic rings. The van der Waals surface area contributed by atoms with Gasteiger partial charge in [-0.3, -0.25) is 4.79 Å². The molecule has 0 bridgehead atoms. The number of nitrogens with one attached hydrogen (secondary N) is 1. The summed E-state index contributed by atoms with van der Waals surface area (Å²) in [5, 5.41) is 4.33. The van der Waals surface area contributed by atoms with Crippen molar-refractivity contribution < 1.29 is 9.53 Å². The van der Waals surface area contributed by atoms with Crippen LogP contribution >= 0.6 is 22.9 Å². The van der Waals surface area contributed by atoms with Crippen molar-refractivity contribution in [2.75, 3.05) is 6.61 Å². The lowest BCUT2D eigenvalue weighted by Crippen LogP contribution is -2.28. The fourth-order valence-electron chi connectivity index (χ4n) is 2.46. The van der Waals surface area contributed by atoms with Crippen LogP contribution in [0.2, 0.25) is 5.02 Å². The van der Waals surface area contributed by atoms with Gasteiger partial charge < -0.3 is 10.1 Å². The highest BCUT2D eigenvalue weighted by Crippen LogP contribution is 2.30. The largest absolute Gasteiger partial charge is 0.482 e. The highest BCUT2D eigenvalue weighted by Gasteiger charge is 2.12. The average Bonchev–Trinajstić information content (AvgIpc) is 3.00. The Kier molecular flexibility index (Phi) is 5.91. The van der Waals surface area contributed by atoms with Crippen molar-refractivity contribution in [1.82, 2.24) is 10.3 Å². The lowest BCUT2D eigenvalue weighted by atomic mass is 10.1. The van der Waals surface area contributed by atoms with Gasteiger partial charge in [-0.25, -0.2) is 4.98 Å². The number of amides is 1. The van der Waals surface area contributed by atoms with Crippen molar-refractivity contribution in [2.45, 2.75) is 20.4 Å². The van der Waals surface area contributed by atoms with Gasteiger partial charge in [0.05, 0.1) is 17.3 Å². The molecule has 0 aliphatic carbocycles. The molecule has 1 amide bonds. The van der Waals surface area contributed by atoms with Crippen LogP contribution in [0, 0.1) is 13.8 Å². The van der Waals surface area contributed by atoms with E-state index in [4.69, 9.17) is 16.3 Å². The lowest BCUT2D eigenvalue weighted by molar-refractivity contribution is -0.123. The molecule has 0 atom stereocenters. The Morgan fingerprint density at radius 1 is 1.15 bits per heavy atom. The lowest BCUT2D eigenvalue weighted by Gasteiger charge is -2.08. The zero-order valence-electron chi connectivity index (χ0n) is 14.6. The zero-order chi connectivity index (χ0) is 18.5. The highest BCUT2D eigenvalue weighted by atomic mass is 35.5. The van der Waals surface area contributed by atoms with E-state index >= 15 is 0 Å². The Balaban J connectivity index is 1.59. The van der Waals surface area contributed by atoms with Crippen molar-refractivity contribution in [3.8, 4) is 16.3 Å². The molecular formula is C20H19ClN2O2S. The molecule has 0 saturated heterocycles. The number of aryl methyl sites for hydroxylation is 2. The van der Waals surface area contributed by atoms with E-state index in [-0.39, 0.29) is 12.5 Å². The first-order valence-electron chi connectivity index (χ1n) is 8.21. The van der Waals surface area contributed by atoms with Crippen LogP contribution in [0.25, 0.3) is 10.6 Å². The average molecular weight is 387 g/mol. The number of aromatic nitrogens is 1. The van der Waals surface area contributed by atoms with Gasteiger partial charge in [0.2, 0.25) is 0 Å². The Hall–Kier alpha value is -2.37. The van der Waals surface area contributed by atoms with Gasteiger partial charge in [-0.2, -0.15) is 0 Å². The number of rotatable bonds is 6. The Bertz CT molecular complexity index is 924. The second-order valence-electron chi connectivity index (χ2n) is 5.84. The van der Waals surface area contributed by atoms with E-state index in [1.807, 2.05) is 31.2 Å². The van der Waals surface area contributed by atoms with Crippen LogP contribution in [0.5, 0.6) is 5.75 Å². The number of hydrogen-bond acceptors (Lipinski definition) is 4. The van der Waals surface area contributed by atoms with Crippen molar-refractivity contribution in [2.24, 2.45) is 0 Å². The third-order valence-electron chi connectivity index (χ3n) is 3.91. The van der Waals surface area contributed by atoms with E-state index in [2.05, 4.69) is 29.4 Å². The molecule has 0 aliphatic heterocycles. The topological polar surface area (TPSA) is 51.2 Å². The smallest absolute Gasteiger partial charge is 0.258 e. The predicted octanol–water partition coefficient (Wildman–Crippen LogP) is 4.78. The molecule has 1 N–H and O–H groups in total. The van der Waals surface area contributed by atoms with Crippen LogP contribution < -0.4 is 10.1 Å². The van der Waals surface area contributed by atoms with Crippen LogP contribution in [-0.2, 0) is 11.3 Å². The summed E-state index contributed by atoms with van der Waals surface area (Å²) in [6.07, 6.45) is 0. The maximum atomic E-state index is 12.0. The summed E-state index contributed by atoms with van der Waals surface area (Å²) < 4.78 is 5.45. The number of nitrogens with zero attached hydrogens (tertiary/aromatic N) is 1. The minimum Gasteiger partial charge on any atom is -0.482 e. The van der Waals surface area contributed by atoms with Crippen molar-refractivity contribution in [3.05, 3.63) is 69.7 Å². The first kappa shape index (κ1) is 18.4. The minimum atomic E-state index is -0.199. The van der Waals surface area contributed by atoms with Crippen LogP contribution in [0.15, 0.2) is 48.5 Å². The molecule has 0 unspecified atom stereocenters. The number of carbonyl (C=O) groups is 1. The fourth-order valence-corrected chi connectivity index (χ4v) is 3.74. The summed E-state index contributed by atoms with van der Waals surface area (Å²) in [7, 11) is 0. The van der Waals surface area contributed by atoms with E-state index in [1.54, 1.807) is 23.5 Å². The van der Waals surface area contributed by atoms with Crippen molar-refractivity contribution in [1.29, 1.82) is 0 Å². The standard InChI is InChI=1S/C20H19ClN2O2S/c1-13-7-3-4-8-15(13)20-23-14(2)18(26-20)11-22-19(24)12-25-17-10-6-5-9-16(17)21/h3-10H,11-12H2,1-2H3,(H,22,24). The molecule has 0 aliphatic rings. The molecule has 0 saturated carbocycles. The zero-order valence-corrected chi connectivity index (χ0v) is 16.2. The van der Waals surface area contributed by atoms with E-state index in [1.165, 1.54) is 5.56 Å². The van der Waals surface area contributed by atoms with Crippen molar-refractivity contribution in [3.63, 3.8) is 0 Å². The number of hydrogen-bond donors (Lipinski definition) is 1. The van der Waals surface area contributed by atoms with Crippen molar-refractivity contribution >= 4 is 28.8 Å². The van der Waals surface area contributed by atoms with Gasteiger partial charge in [0, 0.05) is 10.4 Å². The molecule has 1 heterocycles. The summed E-state index contributed by atoms with van der Waals surface area (Å²) in [6, 6.07) is 15.2. The molecule has 134 valence electrons. The van der Waals surface area contributed by atoms with Gasteiger partial charge in [-0.1, -0.05) is 48.0 Å². The molecule has 0 radical (unpaired) electrons. The van der Waals surface area contributed by atoms with Gasteiger partial charge in [0.25, 0.3) is 5.91 Å². The molecule has 0 fully saturated rings. The van der Waals surface area contributed by atoms with E-state index in [9.17, 15) is 4.79 Å². The quantitative estimate of drug-likeness (QED) is 0.663. The first-order valence-corrected chi connectivity index (χ1v) is 9.40. The molecule has 1 aromatic heterocycles. The number of carbonyl (C=O) groups excluding carboxylic acids is 1. The number of halogens is 1. The van der Waals surface area contributed by atoms with Crippen LogP contribution in [0.3, 0.4) is 0 Å². The molecule has 26 heavy (non-hydrogen) atoms. The Morgan fingerprint density at radius 2 is 1.88 bits per heavy atom.